The van der Waals surface area contributed by atoms with Crippen LogP contribution in [0.4, 0.5) is 17.4 Å². The molecule has 6 rings (SSSR count). The minimum Gasteiger partial charge on any atom is -0.451 e. The number of amides is 1. The second kappa shape index (κ2) is 10.6. The summed E-state index contributed by atoms with van der Waals surface area (Å²) in [7, 11) is 0. The van der Waals surface area contributed by atoms with Crippen molar-refractivity contribution in [2.24, 2.45) is 0 Å². The third kappa shape index (κ3) is 5.31. The highest BCUT2D eigenvalue weighted by Gasteiger charge is 2.21. The quantitative estimate of drug-likeness (QED) is 0.327. The molecule has 2 aliphatic rings. The molecular formula is C25H29N7O5. The minimum atomic E-state index is -0.355. The number of carbonyl (C=O) groups excluding carboxylic acids is 1. The summed E-state index contributed by atoms with van der Waals surface area (Å²) in [6, 6.07) is 7.62. The number of hydrogen-bond acceptors (Lipinski definition) is 10. The van der Waals surface area contributed by atoms with Gasteiger partial charge in [-0.2, -0.15) is 10.1 Å². The van der Waals surface area contributed by atoms with Crippen LogP contribution in [-0.4, -0.2) is 91.7 Å². The lowest BCUT2D eigenvalue weighted by atomic mass is 10.2. The number of aromatic amines is 1. The Hall–Kier alpha value is -3.87. The lowest BCUT2D eigenvalue weighted by molar-refractivity contribution is 0.0398. The van der Waals surface area contributed by atoms with Crippen LogP contribution >= 0.6 is 0 Å². The lowest BCUT2D eigenvalue weighted by Crippen LogP contribution is -2.39. The van der Waals surface area contributed by atoms with Crippen molar-refractivity contribution in [2.45, 2.75) is 0 Å². The highest BCUT2D eigenvalue weighted by molar-refractivity contribution is 6.06. The number of H-pyrrole nitrogens is 1. The molecule has 0 bridgehead atoms. The van der Waals surface area contributed by atoms with Crippen molar-refractivity contribution < 1.29 is 23.1 Å². The van der Waals surface area contributed by atoms with Crippen molar-refractivity contribution in [3.63, 3.8) is 0 Å². The van der Waals surface area contributed by atoms with E-state index < -0.39 is 0 Å². The summed E-state index contributed by atoms with van der Waals surface area (Å²) >= 11 is 0. The van der Waals surface area contributed by atoms with Gasteiger partial charge in [-0.05, 0) is 18.2 Å². The van der Waals surface area contributed by atoms with Gasteiger partial charge in [0.2, 0.25) is 0 Å². The molecule has 5 heterocycles. The molecule has 0 saturated carbocycles. The number of morpholine rings is 2. The van der Waals surface area contributed by atoms with E-state index in [0.717, 1.165) is 44.1 Å². The maximum absolute atomic E-state index is 13.1. The summed E-state index contributed by atoms with van der Waals surface area (Å²) in [4.78, 5) is 22.3. The molecular weight excluding hydrogens is 478 g/mol. The smallest absolute Gasteiger partial charge is 0.295 e. The topological polar surface area (TPSA) is 134 Å². The molecule has 0 atom stereocenters. The minimum absolute atomic E-state index is 0.201. The van der Waals surface area contributed by atoms with Gasteiger partial charge in [0.05, 0.1) is 49.6 Å². The van der Waals surface area contributed by atoms with E-state index in [0.29, 0.717) is 61.4 Å². The number of benzene rings is 1. The van der Waals surface area contributed by atoms with Crippen LogP contribution in [0.2, 0.25) is 0 Å². The highest BCUT2D eigenvalue weighted by Crippen LogP contribution is 2.34. The molecule has 0 aliphatic carbocycles. The van der Waals surface area contributed by atoms with Crippen molar-refractivity contribution in [2.75, 3.05) is 81.2 Å². The molecule has 0 unspecified atom stereocenters. The first-order valence-corrected chi connectivity index (χ1v) is 12.4. The van der Waals surface area contributed by atoms with E-state index in [1.165, 1.54) is 0 Å². The molecule has 194 valence electrons. The Kier molecular flexibility index (Phi) is 6.76. The first kappa shape index (κ1) is 23.5. The van der Waals surface area contributed by atoms with Gasteiger partial charge in [0.25, 0.3) is 11.9 Å². The maximum atomic E-state index is 13.1. The summed E-state index contributed by atoms with van der Waals surface area (Å²) in [5.74, 6) is 0.407. The monoisotopic (exact) mass is 507 g/mol. The summed E-state index contributed by atoms with van der Waals surface area (Å²) in [6.45, 7) is 7.65. The molecule has 2 fully saturated rings. The molecule has 37 heavy (non-hydrogen) atoms. The molecule has 1 amide bonds. The van der Waals surface area contributed by atoms with Gasteiger partial charge < -0.3 is 33.8 Å². The van der Waals surface area contributed by atoms with Crippen molar-refractivity contribution in [3.05, 3.63) is 42.4 Å². The second-order valence-corrected chi connectivity index (χ2v) is 8.94. The Bertz CT molecular complexity index is 1340. The Labute approximate surface area is 212 Å². The van der Waals surface area contributed by atoms with Crippen LogP contribution in [0.25, 0.3) is 22.4 Å². The molecule has 0 radical (unpaired) electrons. The number of fused-ring (bicyclic) bond motifs is 1. The number of hydrogen-bond donors (Lipinski definition) is 3. The van der Waals surface area contributed by atoms with E-state index in [1.807, 2.05) is 12.1 Å². The summed E-state index contributed by atoms with van der Waals surface area (Å²) in [5, 5.41) is 13.0. The Morgan fingerprint density at radius 3 is 2.62 bits per heavy atom. The number of aromatic nitrogens is 3. The summed E-state index contributed by atoms with van der Waals surface area (Å²) in [6.07, 6.45) is 3.35. The third-order valence-electron chi connectivity index (χ3n) is 6.53. The molecule has 12 heteroatoms. The summed E-state index contributed by atoms with van der Waals surface area (Å²) < 4.78 is 22.7. The van der Waals surface area contributed by atoms with Crippen LogP contribution in [0.5, 0.6) is 0 Å². The predicted molar refractivity (Wildman–Crippen MR) is 137 cm³/mol. The lowest BCUT2D eigenvalue weighted by Gasteiger charge is -2.30. The van der Waals surface area contributed by atoms with Crippen molar-refractivity contribution >= 4 is 34.4 Å². The summed E-state index contributed by atoms with van der Waals surface area (Å²) in [5.41, 5.74) is 3.55. The van der Waals surface area contributed by atoms with Gasteiger partial charge in [-0.3, -0.25) is 14.8 Å². The number of carbonyl (C=O) groups is 1. The van der Waals surface area contributed by atoms with Crippen molar-refractivity contribution in [3.8, 4) is 11.3 Å². The second-order valence-electron chi connectivity index (χ2n) is 8.94. The number of oxazole rings is 1. The predicted octanol–water partition coefficient (Wildman–Crippen LogP) is 2.64. The van der Waals surface area contributed by atoms with E-state index >= 15 is 0 Å². The van der Waals surface area contributed by atoms with E-state index in [9.17, 15) is 4.79 Å². The fraction of sp³-hybridized carbons (Fsp3) is 0.400. The molecule has 2 aliphatic heterocycles. The average Bonchev–Trinajstić information content (AvgIpc) is 3.70. The molecule has 4 aromatic rings. The van der Waals surface area contributed by atoms with Crippen LogP contribution in [0.3, 0.4) is 0 Å². The van der Waals surface area contributed by atoms with Crippen LogP contribution < -0.4 is 15.5 Å². The standard InChI is InChI=1S/C25H29N7O5/c33-24(22-2-1-21(36-22)17-15-27-28-16-17)29-18-14-23-19(13-20(18)32-7-11-35-12-8-32)30-25(37-23)26-3-4-31-5-9-34-10-6-31/h1-2,13-16H,3-12H2,(H,26,30)(H,27,28)(H,29,33). The molecule has 3 aromatic heterocycles. The number of furan rings is 1. The third-order valence-corrected chi connectivity index (χ3v) is 6.53. The van der Waals surface area contributed by atoms with Gasteiger partial charge in [-0.25, -0.2) is 0 Å². The normalized spacial score (nSPS) is 16.8. The molecule has 2 saturated heterocycles. The first-order valence-electron chi connectivity index (χ1n) is 12.4. The molecule has 0 spiro atoms. The van der Waals surface area contributed by atoms with Crippen molar-refractivity contribution in [1.82, 2.24) is 20.1 Å². The molecule has 12 nitrogen and oxygen atoms in total. The number of rotatable bonds is 8. The number of nitrogens with zero attached hydrogens (tertiary/aromatic N) is 4. The van der Waals surface area contributed by atoms with Gasteiger partial charge >= 0.3 is 0 Å². The van der Waals surface area contributed by atoms with E-state index in [-0.39, 0.29) is 11.7 Å². The van der Waals surface area contributed by atoms with Gasteiger partial charge in [-0.15, -0.1) is 0 Å². The zero-order valence-electron chi connectivity index (χ0n) is 20.4. The van der Waals surface area contributed by atoms with E-state index in [1.54, 1.807) is 24.5 Å². The van der Waals surface area contributed by atoms with Crippen LogP contribution in [0.15, 0.2) is 45.5 Å². The maximum Gasteiger partial charge on any atom is 0.295 e. The first-order chi connectivity index (χ1) is 18.2. The van der Waals surface area contributed by atoms with Crippen LogP contribution in [0, 0.1) is 0 Å². The zero-order chi connectivity index (χ0) is 25.0. The van der Waals surface area contributed by atoms with Crippen LogP contribution in [-0.2, 0) is 9.47 Å². The van der Waals surface area contributed by atoms with Crippen LogP contribution in [0.1, 0.15) is 10.6 Å². The molecule has 3 N–H and O–H groups in total. The fourth-order valence-corrected chi connectivity index (χ4v) is 4.53. The Morgan fingerprint density at radius 1 is 1.03 bits per heavy atom. The van der Waals surface area contributed by atoms with Gasteiger partial charge in [0.1, 0.15) is 11.3 Å². The number of nitrogens with one attached hydrogen (secondary N) is 3. The highest BCUT2D eigenvalue weighted by atomic mass is 16.5. The van der Waals surface area contributed by atoms with Gasteiger partial charge in [-0.1, -0.05) is 0 Å². The van der Waals surface area contributed by atoms with Crippen molar-refractivity contribution in [1.29, 1.82) is 0 Å². The van der Waals surface area contributed by atoms with E-state index in [2.05, 4.69) is 35.6 Å². The number of ether oxygens (including phenoxy) is 2. The Morgan fingerprint density at radius 2 is 1.84 bits per heavy atom. The largest absolute Gasteiger partial charge is 0.451 e. The SMILES string of the molecule is O=C(Nc1cc2oc(NCCN3CCOCC3)nc2cc1N1CCOCC1)c1ccc(-c2cn[nH]c2)o1. The van der Waals surface area contributed by atoms with E-state index in [4.69, 9.17) is 18.3 Å². The van der Waals surface area contributed by atoms with Gasteiger partial charge in [0, 0.05) is 51.5 Å². The average molecular weight is 508 g/mol. The van der Waals surface area contributed by atoms with Gasteiger partial charge in [0.15, 0.2) is 11.3 Å². The Balaban J connectivity index is 1.22. The fourth-order valence-electron chi connectivity index (χ4n) is 4.53. The number of anilines is 3. The zero-order valence-corrected chi connectivity index (χ0v) is 20.4. The molecule has 1 aromatic carbocycles.